The number of nitrogens with one attached hydrogen (secondary N) is 1. The van der Waals surface area contributed by atoms with Gasteiger partial charge in [-0.05, 0) is 31.7 Å². The first kappa shape index (κ1) is 14.9. The Morgan fingerprint density at radius 3 is 2.82 bits per heavy atom. The summed E-state index contributed by atoms with van der Waals surface area (Å²) in [5.74, 6) is 1.37. The second-order valence-corrected chi connectivity index (χ2v) is 5.44. The van der Waals surface area contributed by atoms with Gasteiger partial charge in [0, 0.05) is 25.2 Å². The van der Waals surface area contributed by atoms with Gasteiger partial charge in [-0.3, -0.25) is 0 Å². The summed E-state index contributed by atoms with van der Waals surface area (Å²) in [6, 6.07) is 0.476. The van der Waals surface area contributed by atoms with Crippen LogP contribution in [0.1, 0.15) is 40.0 Å². The van der Waals surface area contributed by atoms with Gasteiger partial charge in [-0.1, -0.05) is 20.8 Å². The topological polar surface area (TPSA) is 30.5 Å². The standard InChI is InChI=1S/C14H29NO2/c1-4-7-15-14(13-6-9-16-10-13)11-17-8-5-12(2)3/h12-15H,4-11H2,1-3H3. The predicted octanol–water partition coefficient (Wildman–Crippen LogP) is 2.45. The first-order valence-electron chi connectivity index (χ1n) is 7.13. The fourth-order valence-corrected chi connectivity index (χ4v) is 2.09. The highest BCUT2D eigenvalue weighted by molar-refractivity contribution is 4.79. The van der Waals surface area contributed by atoms with E-state index in [9.17, 15) is 0 Å². The lowest BCUT2D eigenvalue weighted by molar-refractivity contribution is 0.0807. The zero-order valence-corrected chi connectivity index (χ0v) is 11.7. The highest BCUT2D eigenvalue weighted by Crippen LogP contribution is 2.17. The molecule has 0 aromatic carbocycles. The van der Waals surface area contributed by atoms with Gasteiger partial charge in [-0.2, -0.15) is 0 Å². The van der Waals surface area contributed by atoms with Gasteiger partial charge in [0.05, 0.1) is 13.2 Å². The summed E-state index contributed by atoms with van der Waals surface area (Å²) in [5, 5.41) is 3.59. The van der Waals surface area contributed by atoms with Crippen LogP contribution in [0.5, 0.6) is 0 Å². The summed E-state index contributed by atoms with van der Waals surface area (Å²) in [6.07, 6.45) is 3.51. The maximum absolute atomic E-state index is 5.80. The molecule has 1 fully saturated rings. The molecule has 1 N–H and O–H groups in total. The lowest BCUT2D eigenvalue weighted by atomic mass is 9.99. The summed E-state index contributed by atoms with van der Waals surface area (Å²) < 4.78 is 11.3. The van der Waals surface area contributed by atoms with Crippen LogP contribution in [-0.2, 0) is 9.47 Å². The average molecular weight is 243 g/mol. The molecule has 2 atom stereocenters. The summed E-state index contributed by atoms with van der Waals surface area (Å²) in [4.78, 5) is 0. The van der Waals surface area contributed by atoms with Gasteiger partial charge in [0.15, 0.2) is 0 Å². The Balaban J connectivity index is 2.20. The Kier molecular flexibility index (Phi) is 7.82. The van der Waals surface area contributed by atoms with Gasteiger partial charge in [0.2, 0.25) is 0 Å². The van der Waals surface area contributed by atoms with Crippen molar-refractivity contribution in [3.63, 3.8) is 0 Å². The third-order valence-electron chi connectivity index (χ3n) is 3.33. The number of ether oxygens (including phenoxy) is 2. The molecule has 102 valence electrons. The lowest BCUT2D eigenvalue weighted by Gasteiger charge is -2.23. The van der Waals surface area contributed by atoms with Crippen molar-refractivity contribution >= 4 is 0 Å². The summed E-state index contributed by atoms with van der Waals surface area (Å²) in [5.41, 5.74) is 0. The molecule has 3 heteroatoms. The Hall–Kier alpha value is -0.120. The van der Waals surface area contributed by atoms with E-state index in [2.05, 4.69) is 26.1 Å². The van der Waals surface area contributed by atoms with Crippen LogP contribution in [0, 0.1) is 11.8 Å². The van der Waals surface area contributed by atoms with Gasteiger partial charge >= 0.3 is 0 Å². The second kappa shape index (κ2) is 8.90. The van der Waals surface area contributed by atoms with Crippen LogP contribution in [0.15, 0.2) is 0 Å². The Morgan fingerprint density at radius 2 is 2.24 bits per heavy atom. The van der Waals surface area contributed by atoms with Gasteiger partial charge in [-0.25, -0.2) is 0 Å². The van der Waals surface area contributed by atoms with Gasteiger partial charge in [0.25, 0.3) is 0 Å². The van der Waals surface area contributed by atoms with Gasteiger partial charge in [0.1, 0.15) is 0 Å². The zero-order chi connectivity index (χ0) is 12.5. The first-order chi connectivity index (χ1) is 8.24. The zero-order valence-electron chi connectivity index (χ0n) is 11.7. The van der Waals surface area contributed by atoms with E-state index in [1.807, 2.05) is 0 Å². The molecule has 17 heavy (non-hydrogen) atoms. The van der Waals surface area contributed by atoms with Crippen LogP contribution in [0.4, 0.5) is 0 Å². The van der Waals surface area contributed by atoms with E-state index in [4.69, 9.17) is 9.47 Å². The van der Waals surface area contributed by atoms with Gasteiger partial charge in [-0.15, -0.1) is 0 Å². The quantitative estimate of drug-likeness (QED) is 0.631. The molecular formula is C14H29NO2. The maximum atomic E-state index is 5.80. The molecule has 3 nitrogen and oxygen atoms in total. The molecule has 2 unspecified atom stereocenters. The summed E-state index contributed by atoms with van der Waals surface area (Å²) in [6.45, 7) is 11.3. The molecule has 0 bridgehead atoms. The van der Waals surface area contributed by atoms with Crippen LogP contribution >= 0.6 is 0 Å². The maximum Gasteiger partial charge on any atom is 0.0623 e. The molecule has 0 aliphatic carbocycles. The van der Waals surface area contributed by atoms with Crippen molar-refractivity contribution < 1.29 is 9.47 Å². The molecule has 0 saturated carbocycles. The first-order valence-corrected chi connectivity index (χ1v) is 7.13. The normalized spacial score (nSPS) is 22.2. The molecule has 0 spiro atoms. The molecule has 0 radical (unpaired) electrons. The number of hydrogen-bond donors (Lipinski definition) is 1. The summed E-state index contributed by atoms with van der Waals surface area (Å²) >= 11 is 0. The Morgan fingerprint density at radius 1 is 1.41 bits per heavy atom. The van der Waals surface area contributed by atoms with Crippen molar-refractivity contribution in [3.05, 3.63) is 0 Å². The van der Waals surface area contributed by atoms with Crippen molar-refractivity contribution in [2.45, 2.75) is 46.1 Å². The second-order valence-electron chi connectivity index (χ2n) is 5.44. The van der Waals surface area contributed by atoms with Crippen molar-refractivity contribution in [3.8, 4) is 0 Å². The van der Waals surface area contributed by atoms with Crippen LogP contribution in [0.25, 0.3) is 0 Å². The third kappa shape index (κ3) is 6.39. The molecule has 1 rings (SSSR count). The molecule has 1 aliphatic rings. The fraction of sp³-hybridized carbons (Fsp3) is 1.00. The van der Waals surface area contributed by atoms with Gasteiger partial charge < -0.3 is 14.8 Å². The van der Waals surface area contributed by atoms with E-state index >= 15 is 0 Å². The minimum atomic E-state index is 0.476. The predicted molar refractivity (Wildman–Crippen MR) is 71.3 cm³/mol. The van der Waals surface area contributed by atoms with E-state index in [1.165, 1.54) is 12.8 Å². The number of hydrogen-bond acceptors (Lipinski definition) is 3. The molecule has 0 aromatic heterocycles. The van der Waals surface area contributed by atoms with Crippen molar-refractivity contribution in [2.75, 3.05) is 33.0 Å². The van der Waals surface area contributed by atoms with Crippen molar-refractivity contribution in [2.24, 2.45) is 11.8 Å². The Bertz CT molecular complexity index is 179. The molecule has 1 saturated heterocycles. The number of rotatable bonds is 9. The fourth-order valence-electron chi connectivity index (χ4n) is 2.09. The van der Waals surface area contributed by atoms with E-state index in [-0.39, 0.29) is 0 Å². The molecular weight excluding hydrogens is 214 g/mol. The van der Waals surface area contributed by atoms with E-state index < -0.39 is 0 Å². The minimum Gasteiger partial charge on any atom is -0.381 e. The minimum absolute atomic E-state index is 0.476. The highest BCUT2D eigenvalue weighted by Gasteiger charge is 2.25. The van der Waals surface area contributed by atoms with Crippen LogP contribution in [0.3, 0.4) is 0 Å². The van der Waals surface area contributed by atoms with Crippen LogP contribution in [-0.4, -0.2) is 39.0 Å². The van der Waals surface area contributed by atoms with E-state index in [1.54, 1.807) is 0 Å². The third-order valence-corrected chi connectivity index (χ3v) is 3.33. The SMILES string of the molecule is CCCNC(COCCC(C)C)C1CCOC1. The highest BCUT2D eigenvalue weighted by atomic mass is 16.5. The molecule has 1 heterocycles. The summed E-state index contributed by atoms with van der Waals surface area (Å²) in [7, 11) is 0. The monoisotopic (exact) mass is 243 g/mol. The van der Waals surface area contributed by atoms with Crippen LogP contribution in [0.2, 0.25) is 0 Å². The van der Waals surface area contributed by atoms with Crippen molar-refractivity contribution in [1.29, 1.82) is 0 Å². The molecule has 0 amide bonds. The smallest absolute Gasteiger partial charge is 0.0623 e. The lowest BCUT2D eigenvalue weighted by Crippen LogP contribution is -2.41. The van der Waals surface area contributed by atoms with E-state index in [0.717, 1.165) is 45.3 Å². The Labute approximate surface area is 106 Å². The van der Waals surface area contributed by atoms with E-state index in [0.29, 0.717) is 12.0 Å². The largest absolute Gasteiger partial charge is 0.381 e. The average Bonchev–Trinajstić information content (AvgIpc) is 2.81. The molecule has 1 aliphatic heterocycles. The van der Waals surface area contributed by atoms with Crippen molar-refractivity contribution in [1.82, 2.24) is 5.32 Å². The van der Waals surface area contributed by atoms with Crippen LogP contribution < -0.4 is 5.32 Å². The molecule has 0 aromatic rings.